The number of hydrogen-bond donors (Lipinski definition) is 4. The molecular formula is C63H123NO4. The number of nitrogens with one attached hydrogen (secondary N) is 1. The number of aliphatic hydroxyl groups excluding tert-OH is 3. The van der Waals surface area contributed by atoms with E-state index in [2.05, 4.69) is 31.3 Å². The molecule has 68 heavy (non-hydrogen) atoms. The van der Waals surface area contributed by atoms with Gasteiger partial charge in [-0.05, 0) is 44.9 Å². The van der Waals surface area contributed by atoms with Crippen molar-refractivity contribution in [2.45, 2.75) is 366 Å². The summed E-state index contributed by atoms with van der Waals surface area (Å²) in [6.45, 7) is 4.22. The summed E-state index contributed by atoms with van der Waals surface area (Å²) in [5.74, 6) is -0.497. The van der Waals surface area contributed by atoms with E-state index in [1.165, 1.54) is 295 Å². The molecule has 1 amide bonds. The number of carbonyl (C=O) groups excluding carboxylic acids is 1. The summed E-state index contributed by atoms with van der Waals surface area (Å²) < 4.78 is 0. The third-order valence-corrected chi connectivity index (χ3v) is 14.8. The van der Waals surface area contributed by atoms with E-state index in [9.17, 15) is 20.1 Å². The molecule has 5 heteroatoms. The minimum atomic E-state index is -1.10. The van der Waals surface area contributed by atoms with Crippen LogP contribution in [0.4, 0.5) is 0 Å². The monoisotopic (exact) mass is 958 g/mol. The number of allylic oxidation sites excluding steroid dienone is 3. The highest BCUT2D eigenvalue weighted by Gasteiger charge is 2.22. The van der Waals surface area contributed by atoms with Crippen molar-refractivity contribution < 1.29 is 20.1 Å². The molecule has 0 radical (unpaired) electrons. The molecule has 0 bridgehead atoms. The van der Waals surface area contributed by atoms with Gasteiger partial charge >= 0.3 is 0 Å². The van der Waals surface area contributed by atoms with Gasteiger partial charge in [-0.15, -0.1) is 0 Å². The van der Waals surface area contributed by atoms with Crippen molar-refractivity contribution in [3.63, 3.8) is 0 Å². The Kier molecular flexibility index (Phi) is 57.4. The molecule has 0 aliphatic heterocycles. The van der Waals surface area contributed by atoms with Crippen LogP contribution in [0.2, 0.25) is 0 Å². The lowest BCUT2D eigenvalue weighted by Crippen LogP contribution is -2.48. The van der Waals surface area contributed by atoms with Crippen molar-refractivity contribution in [1.29, 1.82) is 0 Å². The topological polar surface area (TPSA) is 89.8 Å². The number of carbonyl (C=O) groups is 1. The van der Waals surface area contributed by atoms with Gasteiger partial charge in [0, 0.05) is 0 Å². The lowest BCUT2D eigenvalue weighted by Gasteiger charge is -2.21. The van der Waals surface area contributed by atoms with Gasteiger partial charge in [-0.2, -0.15) is 0 Å². The van der Waals surface area contributed by atoms with Crippen molar-refractivity contribution in [2.75, 3.05) is 6.61 Å². The third-order valence-electron chi connectivity index (χ3n) is 14.8. The molecule has 4 N–H and O–H groups in total. The van der Waals surface area contributed by atoms with Crippen LogP contribution < -0.4 is 5.32 Å². The average Bonchev–Trinajstić information content (AvgIpc) is 3.34. The highest BCUT2D eigenvalue weighted by molar-refractivity contribution is 5.80. The lowest BCUT2D eigenvalue weighted by atomic mass is 10.0. The van der Waals surface area contributed by atoms with Gasteiger partial charge in [-0.25, -0.2) is 0 Å². The predicted octanol–water partition coefficient (Wildman–Crippen LogP) is 19.6. The molecule has 0 heterocycles. The first-order valence-corrected chi connectivity index (χ1v) is 31.2. The quantitative estimate of drug-likeness (QED) is 0.0361. The molecule has 3 unspecified atom stereocenters. The van der Waals surface area contributed by atoms with Crippen LogP contribution in [0.15, 0.2) is 24.3 Å². The molecule has 0 saturated carbocycles. The van der Waals surface area contributed by atoms with Crippen LogP contribution in [0.25, 0.3) is 0 Å². The largest absolute Gasteiger partial charge is 0.394 e. The fourth-order valence-electron chi connectivity index (χ4n) is 9.95. The zero-order chi connectivity index (χ0) is 49.3. The summed E-state index contributed by atoms with van der Waals surface area (Å²) in [6, 6.07) is -0.796. The first kappa shape index (κ1) is 66.8. The Labute approximate surface area is 426 Å². The fraction of sp³-hybridized carbons (Fsp3) is 0.921. The standard InChI is InChI=1S/C63H123NO4/c1-3-5-7-9-11-13-15-17-19-21-23-24-25-26-27-28-29-30-31-32-33-34-35-36-37-38-39-40-42-44-46-48-50-52-54-56-58-62(67)63(68)64-60(59-65)61(66)57-55-53-51-49-47-45-43-41-22-20-18-16-14-12-10-8-6-4-2/h30-31,55,57,60-62,65-67H,3-29,32-54,56,58-59H2,1-2H3,(H,64,68)/b31-30-,57-55+. The van der Waals surface area contributed by atoms with Gasteiger partial charge in [-0.1, -0.05) is 327 Å². The Hall–Kier alpha value is -1.17. The molecular weight excluding hydrogens is 835 g/mol. The first-order valence-electron chi connectivity index (χ1n) is 31.2. The molecule has 0 aliphatic carbocycles. The maximum Gasteiger partial charge on any atom is 0.249 e. The van der Waals surface area contributed by atoms with E-state index in [0.29, 0.717) is 6.42 Å². The molecule has 0 aliphatic rings. The molecule has 0 fully saturated rings. The van der Waals surface area contributed by atoms with Crippen LogP contribution in [-0.2, 0) is 4.79 Å². The second kappa shape index (κ2) is 58.4. The predicted molar refractivity (Wildman–Crippen MR) is 301 cm³/mol. The van der Waals surface area contributed by atoms with Crippen molar-refractivity contribution in [3.8, 4) is 0 Å². The van der Waals surface area contributed by atoms with Gasteiger partial charge in [0.25, 0.3) is 0 Å². The van der Waals surface area contributed by atoms with E-state index in [1.807, 2.05) is 6.08 Å². The van der Waals surface area contributed by atoms with E-state index in [1.54, 1.807) is 6.08 Å². The van der Waals surface area contributed by atoms with E-state index in [0.717, 1.165) is 32.1 Å². The Balaban J connectivity index is 3.48. The molecule has 0 aromatic carbocycles. The van der Waals surface area contributed by atoms with E-state index >= 15 is 0 Å². The highest BCUT2D eigenvalue weighted by atomic mass is 16.3. The SMILES string of the molecule is CCCCCCCCCCCCCCCCCC/C=C\CCCCCCCCCCCCCCCCCCC(O)C(=O)NC(CO)C(O)/C=C/CCCCCCCCCCCCCCCCCC. The normalized spacial score (nSPS) is 13.3. The van der Waals surface area contributed by atoms with Crippen LogP contribution in [0.1, 0.15) is 348 Å². The van der Waals surface area contributed by atoms with Gasteiger partial charge in [0.2, 0.25) is 5.91 Å². The number of amides is 1. The Bertz CT molecular complexity index is 1010. The van der Waals surface area contributed by atoms with Crippen molar-refractivity contribution in [2.24, 2.45) is 0 Å². The second-order valence-corrected chi connectivity index (χ2v) is 21.6. The third kappa shape index (κ3) is 52.6. The van der Waals surface area contributed by atoms with Crippen LogP contribution >= 0.6 is 0 Å². The minimum absolute atomic E-state index is 0.360. The summed E-state index contributed by atoms with van der Waals surface area (Å²) in [5, 5.41) is 33.4. The Morgan fingerprint density at radius 2 is 0.588 bits per heavy atom. The van der Waals surface area contributed by atoms with E-state index < -0.39 is 24.2 Å². The van der Waals surface area contributed by atoms with Gasteiger partial charge in [0.05, 0.1) is 18.8 Å². The molecule has 0 rings (SSSR count). The summed E-state index contributed by atoms with van der Waals surface area (Å²) >= 11 is 0. The van der Waals surface area contributed by atoms with Gasteiger partial charge in [-0.3, -0.25) is 4.79 Å². The highest BCUT2D eigenvalue weighted by Crippen LogP contribution is 2.18. The molecule has 0 aromatic rings. The summed E-state index contributed by atoms with van der Waals surface area (Å²) in [6.07, 6.45) is 75.8. The van der Waals surface area contributed by atoms with Crippen LogP contribution in [-0.4, -0.2) is 46.1 Å². The first-order chi connectivity index (χ1) is 33.6. The van der Waals surface area contributed by atoms with Gasteiger partial charge in [0.1, 0.15) is 6.10 Å². The smallest absolute Gasteiger partial charge is 0.249 e. The van der Waals surface area contributed by atoms with Crippen LogP contribution in [0.5, 0.6) is 0 Å². The molecule has 0 aromatic heterocycles. The maximum absolute atomic E-state index is 12.6. The number of rotatable bonds is 58. The van der Waals surface area contributed by atoms with E-state index in [-0.39, 0.29) is 6.61 Å². The maximum atomic E-state index is 12.6. The molecule has 404 valence electrons. The zero-order valence-corrected chi connectivity index (χ0v) is 46.3. The van der Waals surface area contributed by atoms with Crippen LogP contribution in [0.3, 0.4) is 0 Å². The summed E-state index contributed by atoms with van der Waals surface area (Å²) in [4.78, 5) is 12.6. The average molecular weight is 959 g/mol. The summed E-state index contributed by atoms with van der Waals surface area (Å²) in [7, 11) is 0. The van der Waals surface area contributed by atoms with Crippen molar-refractivity contribution >= 4 is 5.91 Å². The second-order valence-electron chi connectivity index (χ2n) is 21.6. The van der Waals surface area contributed by atoms with Gasteiger partial charge < -0.3 is 20.6 Å². The Morgan fingerprint density at radius 3 is 0.853 bits per heavy atom. The molecule has 0 saturated heterocycles. The number of hydrogen-bond acceptors (Lipinski definition) is 4. The van der Waals surface area contributed by atoms with Crippen molar-refractivity contribution in [1.82, 2.24) is 5.32 Å². The molecule has 5 nitrogen and oxygen atoms in total. The lowest BCUT2D eigenvalue weighted by molar-refractivity contribution is -0.131. The summed E-state index contributed by atoms with van der Waals surface area (Å²) in [5.41, 5.74) is 0. The number of aliphatic hydroxyl groups is 3. The van der Waals surface area contributed by atoms with Gasteiger partial charge in [0.15, 0.2) is 0 Å². The number of unbranched alkanes of at least 4 members (excludes halogenated alkanes) is 48. The fourth-order valence-corrected chi connectivity index (χ4v) is 9.95. The van der Waals surface area contributed by atoms with Crippen LogP contribution in [0, 0.1) is 0 Å². The Morgan fingerprint density at radius 1 is 0.353 bits per heavy atom. The molecule has 0 spiro atoms. The van der Waals surface area contributed by atoms with E-state index in [4.69, 9.17) is 0 Å². The molecule has 3 atom stereocenters. The van der Waals surface area contributed by atoms with Crippen molar-refractivity contribution in [3.05, 3.63) is 24.3 Å². The minimum Gasteiger partial charge on any atom is -0.394 e. The zero-order valence-electron chi connectivity index (χ0n) is 46.3.